The number of hydrogen-bond donors (Lipinski definition) is 3. The van der Waals surface area contributed by atoms with E-state index in [1.54, 1.807) is 18.2 Å². The highest BCUT2D eigenvalue weighted by molar-refractivity contribution is 5.47. The van der Waals surface area contributed by atoms with Crippen molar-refractivity contribution >= 4 is 0 Å². The van der Waals surface area contributed by atoms with E-state index in [1.807, 2.05) is 0 Å². The molecule has 0 saturated carbocycles. The monoisotopic (exact) mass is 246 g/mol. The molecule has 1 aromatic heterocycles. The van der Waals surface area contributed by atoms with Crippen LogP contribution < -0.4 is 16.0 Å². The van der Waals surface area contributed by atoms with Gasteiger partial charge in [-0.3, -0.25) is 14.8 Å². The second-order valence-corrected chi connectivity index (χ2v) is 4.09. The maximum Gasteiger partial charge on any atom is 0.328 e. The van der Waals surface area contributed by atoms with E-state index in [2.05, 4.69) is 9.97 Å². The summed E-state index contributed by atoms with van der Waals surface area (Å²) in [7, 11) is 0. The van der Waals surface area contributed by atoms with E-state index in [9.17, 15) is 9.59 Å². The Bertz CT molecular complexity index is 730. The van der Waals surface area contributed by atoms with E-state index in [0.717, 1.165) is 11.1 Å². The molecule has 92 valence electrons. The average Bonchev–Trinajstić information content (AvgIpc) is 2.36. The van der Waals surface area contributed by atoms with Gasteiger partial charge in [0, 0.05) is 6.42 Å². The molecule has 0 fully saturated rings. The number of aliphatic hydroxyl groups is 1. The van der Waals surface area contributed by atoms with Gasteiger partial charge in [-0.1, -0.05) is 6.07 Å². The van der Waals surface area contributed by atoms with Crippen LogP contribution in [0.4, 0.5) is 0 Å². The third-order valence-corrected chi connectivity index (χ3v) is 2.89. The minimum absolute atomic E-state index is 0.0673. The average molecular weight is 246 g/mol. The van der Waals surface area contributed by atoms with Crippen molar-refractivity contribution in [1.82, 2.24) is 9.97 Å². The molecule has 0 aliphatic carbocycles. The zero-order valence-corrected chi connectivity index (χ0v) is 9.32. The standard InChI is InChI=1S/C12H10N2O4/c15-5-6-1-2-9-7(3-6)4-8-10(16)13-12(17)14-11(8)18-9/h1-3,15H,4-5H2,(H2,13,14,16,17). The minimum Gasteiger partial charge on any atom is -0.440 e. The third kappa shape index (κ3) is 1.63. The van der Waals surface area contributed by atoms with Gasteiger partial charge < -0.3 is 9.84 Å². The van der Waals surface area contributed by atoms with E-state index in [4.69, 9.17) is 9.84 Å². The van der Waals surface area contributed by atoms with Crippen LogP contribution in [0.5, 0.6) is 11.6 Å². The fraction of sp³-hybridized carbons (Fsp3) is 0.167. The van der Waals surface area contributed by atoms with Crippen LogP contribution in [-0.4, -0.2) is 15.1 Å². The van der Waals surface area contributed by atoms with Gasteiger partial charge in [-0.15, -0.1) is 0 Å². The van der Waals surface area contributed by atoms with Crippen LogP contribution in [0, 0.1) is 0 Å². The molecule has 0 amide bonds. The first-order chi connectivity index (χ1) is 8.67. The molecule has 2 heterocycles. The molecule has 18 heavy (non-hydrogen) atoms. The molecule has 6 heteroatoms. The van der Waals surface area contributed by atoms with Crippen LogP contribution in [0.3, 0.4) is 0 Å². The Morgan fingerprint density at radius 2 is 2.11 bits per heavy atom. The zero-order chi connectivity index (χ0) is 12.7. The van der Waals surface area contributed by atoms with Crippen LogP contribution >= 0.6 is 0 Å². The van der Waals surface area contributed by atoms with E-state index < -0.39 is 11.2 Å². The number of ether oxygens (including phenoxy) is 1. The second kappa shape index (κ2) is 3.85. The molecule has 1 aromatic carbocycles. The lowest BCUT2D eigenvalue weighted by atomic mass is 10.0. The molecule has 0 saturated heterocycles. The van der Waals surface area contributed by atoms with Crippen molar-refractivity contribution in [1.29, 1.82) is 0 Å². The summed E-state index contributed by atoms with van der Waals surface area (Å²) in [6, 6.07) is 5.22. The molecule has 0 radical (unpaired) electrons. The molecule has 0 spiro atoms. The van der Waals surface area contributed by atoms with Gasteiger partial charge in [0.1, 0.15) is 5.75 Å². The lowest BCUT2D eigenvalue weighted by Crippen LogP contribution is -2.28. The predicted molar refractivity (Wildman–Crippen MR) is 62.9 cm³/mol. The van der Waals surface area contributed by atoms with Crippen LogP contribution in [-0.2, 0) is 13.0 Å². The number of rotatable bonds is 1. The first kappa shape index (κ1) is 10.8. The fourth-order valence-electron chi connectivity index (χ4n) is 2.01. The van der Waals surface area contributed by atoms with Crippen molar-refractivity contribution < 1.29 is 9.84 Å². The van der Waals surface area contributed by atoms with Gasteiger partial charge in [0.15, 0.2) is 0 Å². The molecule has 1 aliphatic rings. The number of nitrogens with one attached hydrogen (secondary N) is 2. The van der Waals surface area contributed by atoms with Crippen molar-refractivity contribution in [3.63, 3.8) is 0 Å². The smallest absolute Gasteiger partial charge is 0.328 e. The second-order valence-electron chi connectivity index (χ2n) is 4.09. The third-order valence-electron chi connectivity index (χ3n) is 2.89. The number of H-pyrrole nitrogens is 2. The first-order valence-corrected chi connectivity index (χ1v) is 5.43. The first-order valence-electron chi connectivity index (χ1n) is 5.43. The van der Waals surface area contributed by atoms with Crippen LogP contribution in [0.25, 0.3) is 0 Å². The Kier molecular flexibility index (Phi) is 2.31. The lowest BCUT2D eigenvalue weighted by Gasteiger charge is -2.18. The summed E-state index contributed by atoms with van der Waals surface area (Å²) in [5, 5.41) is 9.07. The van der Waals surface area contributed by atoms with Crippen molar-refractivity contribution in [2.24, 2.45) is 0 Å². The number of benzene rings is 1. The van der Waals surface area contributed by atoms with Crippen LogP contribution in [0.15, 0.2) is 27.8 Å². The minimum atomic E-state index is -0.589. The highest BCUT2D eigenvalue weighted by Gasteiger charge is 2.21. The summed E-state index contributed by atoms with van der Waals surface area (Å²) >= 11 is 0. The van der Waals surface area contributed by atoms with Gasteiger partial charge in [-0.2, -0.15) is 0 Å². The number of aromatic nitrogens is 2. The Morgan fingerprint density at radius 1 is 1.28 bits per heavy atom. The molecule has 3 rings (SSSR count). The predicted octanol–water partition coefficient (Wildman–Crippen LogP) is 0.252. The summed E-state index contributed by atoms with van der Waals surface area (Å²) in [6.45, 7) is -0.0673. The Balaban J connectivity index is 2.14. The van der Waals surface area contributed by atoms with Gasteiger partial charge in [-0.25, -0.2) is 4.79 Å². The zero-order valence-electron chi connectivity index (χ0n) is 9.32. The Hall–Kier alpha value is -2.34. The maximum atomic E-state index is 11.6. The Morgan fingerprint density at radius 3 is 2.89 bits per heavy atom. The summed E-state index contributed by atoms with van der Waals surface area (Å²) in [5.74, 6) is 0.772. The number of fused-ring (bicyclic) bond motifs is 2. The highest BCUT2D eigenvalue weighted by Crippen LogP contribution is 2.33. The van der Waals surface area contributed by atoms with Crippen molar-refractivity contribution in [2.45, 2.75) is 13.0 Å². The number of aliphatic hydroxyl groups excluding tert-OH is 1. The SMILES string of the molecule is O=c1[nH]c2c(c(=O)[nH]1)Cc1cc(CO)ccc1O2. The molecule has 0 atom stereocenters. The van der Waals surface area contributed by atoms with Crippen molar-refractivity contribution in [3.8, 4) is 11.6 Å². The summed E-state index contributed by atoms with van der Waals surface area (Å²) in [5.41, 5.74) is 0.911. The molecule has 0 bridgehead atoms. The molecule has 1 aliphatic heterocycles. The molecule has 3 N–H and O–H groups in total. The largest absolute Gasteiger partial charge is 0.440 e. The van der Waals surface area contributed by atoms with Crippen LogP contribution in [0.2, 0.25) is 0 Å². The fourth-order valence-corrected chi connectivity index (χ4v) is 2.01. The van der Waals surface area contributed by atoms with E-state index in [0.29, 0.717) is 17.7 Å². The van der Waals surface area contributed by atoms with Gasteiger partial charge in [0.2, 0.25) is 5.88 Å². The number of hydrogen-bond acceptors (Lipinski definition) is 4. The van der Waals surface area contributed by atoms with Gasteiger partial charge in [0.05, 0.1) is 12.2 Å². The van der Waals surface area contributed by atoms with Crippen LogP contribution in [0.1, 0.15) is 16.7 Å². The Labute approximate surface area is 101 Å². The van der Waals surface area contributed by atoms with Crippen molar-refractivity contribution in [3.05, 3.63) is 55.7 Å². The van der Waals surface area contributed by atoms with E-state index >= 15 is 0 Å². The summed E-state index contributed by atoms with van der Waals surface area (Å²) in [4.78, 5) is 27.4. The van der Waals surface area contributed by atoms with E-state index in [-0.39, 0.29) is 12.5 Å². The quantitative estimate of drug-likeness (QED) is 0.573. The number of aromatic amines is 2. The topological polar surface area (TPSA) is 95.2 Å². The van der Waals surface area contributed by atoms with Gasteiger partial charge >= 0.3 is 5.69 Å². The van der Waals surface area contributed by atoms with Crippen molar-refractivity contribution in [2.75, 3.05) is 0 Å². The normalized spacial score (nSPS) is 12.5. The molecule has 6 nitrogen and oxygen atoms in total. The lowest BCUT2D eigenvalue weighted by molar-refractivity contribution is 0.281. The van der Waals surface area contributed by atoms with Gasteiger partial charge in [0.25, 0.3) is 5.56 Å². The van der Waals surface area contributed by atoms with E-state index in [1.165, 1.54) is 0 Å². The summed E-state index contributed by atoms with van der Waals surface area (Å²) < 4.78 is 5.48. The molecule has 2 aromatic rings. The molecular weight excluding hydrogens is 236 g/mol. The highest BCUT2D eigenvalue weighted by atomic mass is 16.5. The van der Waals surface area contributed by atoms with Gasteiger partial charge in [-0.05, 0) is 23.3 Å². The summed E-state index contributed by atoms with van der Waals surface area (Å²) in [6.07, 6.45) is 0.366. The molecule has 0 unspecified atom stereocenters. The maximum absolute atomic E-state index is 11.6. The molecular formula is C12H10N2O4.